The third-order valence-corrected chi connectivity index (χ3v) is 3.00. The molecule has 0 bridgehead atoms. The molecule has 0 aliphatic heterocycles. The molecule has 1 aliphatic rings. The van der Waals surface area contributed by atoms with Crippen LogP contribution in [0.2, 0.25) is 0 Å². The number of hydrogen-bond donors (Lipinski definition) is 0. The lowest BCUT2D eigenvalue weighted by atomic mass is 10.1. The van der Waals surface area contributed by atoms with Crippen LogP contribution in [0.1, 0.15) is 23.2 Å². The molecule has 0 spiro atoms. The van der Waals surface area contributed by atoms with E-state index in [1.165, 1.54) is 22.4 Å². The van der Waals surface area contributed by atoms with Gasteiger partial charge in [0, 0.05) is 6.20 Å². The van der Waals surface area contributed by atoms with Crippen LogP contribution < -0.4 is 0 Å². The van der Waals surface area contributed by atoms with Crippen molar-refractivity contribution in [3.05, 3.63) is 65.5 Å². The molecule has 0 saturated carbocycles. The van der Waals surface area contributed by atoms with Gasteiger partial charge in [-0.2, -0.15) is 0 Å². The number of nitrogens with zero attached hydrogens (tertiary/aromatic N) is 1. The molecule has 1 heteroatoms. The Balaban J connectivity index is 2.02. The zero-order chi connectivity index (χ0) is 10.8. The first kappa shape index (κ1) is 9.34. The van der Waals surface area contributed by atoms with E-state index in [1.54, 1.807) is 0 Å². The summed E-state index contributed by atoms with van der Waals surface area (Å²) in [6.45, 7) is 0. The lowest BCUT2D eigenvalue weighted by molar-refractivity contribution is 1.08. The first-order chi connectivity index (χ1) is 7.93. The fourth-order valence-electron chi connectivity index (χ4n) is 2.21. The Bertz CT molecular complexity index is 526. The van der Waals surface area contributed by atoms with Crippen molar-refractivity contribution in [1.29, 1.82) is 0 Å². The summed E-state index contributed by atoms with van der Waals surface area (Å²) >= 11 is 0. The van der Waals surface area contributed by atoms with Crippen LogP contribution in [-0.2, 0) is 6.42 Å². The first-order valence-electron chi connectivity index (χ1n) is 5.63. The zero-order valence-electron chi connectivity index (χ0n) is 9.06. The summed E-state index contributed by atoms with van der Waals surface area (Å²) in [6.07, 6.45) is 6.37. The third-order valence-electron chi connectivity index (χ3n) is 3.00. The number of hydrogen-bond acceptors (Lipinski definition) is 1. The van der Waals surface area contributed by atoms with Crippen molar-refractivity contribution >= 4 is 11.6 Å². The summed E-state index contributed by atoms with van der Waals surface area (Å²) in [5.74, 6) is 0. The van der Waals surface area contributed by atoms with Crippen molar-refractivity contribution in [2.24, 2.45) is 0 Å². The second-order valence-corrected chi connectivity index (χ2v) is 4.09. The molecule has 1 aromatic carbocycles. The highest BCUT2D eigenvalue weighted by Crippen LogP contribution is 2.31. The molecular formula is C15H13N. The SMILES string of the molecule is C(=C1\CCc2cccnc21)/c1ccccc1. The van der Waals surface area contributed by atoms with E-state index in [1.807, 2.05) is 18.3 Å². The minimum atomic E-state index is 1.11. The number of aromatic nitrogens is 1. The van der Waals surface area contributed by atoms with Crippen LogP contribution in [0.4, 0.5) is 0 Å². The van der Waals surface area contributed by atoms with Gasteiger partial charge in [0.15, 0.2) is 0 Å². The standard InChI is InChI=1S/C15H13N/c1-2-5-12(6-3-1)11-14-9-8-13-7-4-10-16-15(13)14/h1-7,10-11H,8-9H2/b14-11-. The van der Waals surface area contributed by atoms with Crippen molar-refractivity contribution in [2.45, 2.75) is 12.8 Å². The van der Waals surface area contributed by atoms with Crippen molar-refractivity contribution in [2.75, 3.05) is 0 Å². The molecular weight excluding hydrogens is 194 g/mol. The monoisotopic (exact) mass is 207 g/mol. The molecule has 0 atom stereocenters. The van der Waals surface area contributed by atoms with E-state index >= 15 is 0 Å². The number of benzene rings is 1. The summed E-state index contributed by atoms with van der Waals surface area (Å²) in [5, 5.41) is 0. The van der Waals surface area contributed by atoms with Crippen LogP contribution in [-0.4, -0.2) is 4.98 Å². The van der Waals surface area contributed by atoms with Crippen molar-refractivity contribution in [3.63, 3.8) is 0 Å². The highest BCUT2D eigenvalue weighted by Gasteiger charge is 2.16. The second kappa shape index (κ2) is 3.93. The van der Waals surface area contributed by atoms with Crippen LogP contribution in [0.25, 0.3) is 11.6 Å². The highest BCUT2D eigenvalue weighted by molar-refractivity contribution is 5.83. The Morgan fingerprint density at radius 3 is 2.69 bits per heavy atom. The van der Waals surface area contributed by atoms with Gasteiger partial charge < -0.3 is 0 Å². The molecule has 1 aromatic heterocycles. The van der Waals surface area contributed by atoms with Crippen molar-refractivity contribution < 1.29 is 0 Å². The molecule has 3 rings (SSSR count). The van der Waals surface area contributed by atoms with Crippen LogP contribution >= 0.6 is 0 Å². The predicted molar refractivity (Wildman–Crippen MR) is 66.9 cm³/mol. The maximum atomic E-state index is 4.47. The summed E-state index contributed by atoms with van der Waals surface area (Å²) < 4.78 is 0. The van der Waals surface area contributed by atoms with Gasteiger partial charge in [-0.25, -0.2) is 0 Å². The minimum absolute atomic E-state index is 1.11. The van der Waals surface area contributed by atoms with Crippen molar-refractivity contribution in [1.82, 2.24) is 4.98 Å². The zero-order valence-corrected chi connectivity index (χ0v) is 9.06. The molecule has 1 nitrogen and oxygen atoms in total. The molecule has 0 saturated heterocycles. The maximum Gasteiger partial charge on any atom is 0.0693 e. The molecule has 0 N–H and O–H groups in total. The summed E-state index contributed by atoms with van der Waals surface area (Å²) in [5.41, 5.74) is 5.19. The number of rotatable bonds is 1. The number of allylic oxidation sites excluding steroid dienone is 1. The van der Waals surface area contributed by atoms with Gasteiger partial charge in [0.2, 0.25) is 0 Å². The van der Waals surface area contributed by atoms with Gasteiger partial charge in [0.1, 0.15) is 0 Å². The molecule has 0 radical (unpaired) electrons. The quantitative estimate of drug-likeness (QED) is 0.696. The smallest absolute Gasteiger partial charge is 0.0693 e. The molecule has 78 valence electrons. The van der Waals surface area contributed by atoms with E-state index in [2.05, 4.69) is 41.4 Å². The average Bonchev–Trinajstić information content (AvgIpc) is 2.74. The minimum Gasteiger partial charge on any atom is -0.256 e. The van der Waals surface area contributed by atoms with E-state index < -0.39 is 0 Å². The Hall–Kier alpha value is -1.89. The number of pyridine rings is 1. The van der Waals surface area contributed by atoms with Crippen LogP contribution in [0, 0.1) is 0 Å². The topological polar surface area (TPSA) is 12.9 Å². The molecule has 0 amide bonds. The highest BCUT2D eigenvalue weighted by atomic mass is 14.7. The average molecular weight is 207 g/mol. The Kier molecular flexibility index (Phi) is 2.30. The van der Waals surface area contributed by atoms with Gasteiger partial charge in [-0.05, 0) is 41.7 Å². The lowest BCUT2D eigenvalue weighted by Crippen LogP contribution is -1.84. The Morgan fingerprint density at radius 1 is 0.938 bits per heavy atom. The largest absolute Gasteiger partial charge is 0.256 e. The predicted octanol–water partition coefficient (Wildman–Crippen LogP) is 3.57. The summed E-state index contributed by atoms with van der Waals surface area (Å²) in [6, 6.07) is 14.6. The van der Waals surface area contributed by atoms with E-state index in [4.69, 9.17) is 0 Å². The van der Waals surface area contributed by atoms with Gasteiger partial charge in [-0.1, -0.05) is 36.4 Å². The molecule has 0 fully saturated rings. The van der Waals surface area contributed by atoms with Gasteiger partial charge in [0.05, 0.1) is 5.69 Å². The molecule has 1 aliphatic carbocycles. The van der Waals surface area contributed by atoms with Gasteiger partial charge >= 0.3 is 0 Å². The van der Waals surface area contributed by atoms with Crippen LogP contribution in [0.3, 0.4) is 0 Å². The first-order valence-corrected chi connectivity index (χ1v) is 5.63. The summed E-state index contributed by atoms with van der Waals surface area (Å²) in [7, 11) is 0. The molecule has 1 heterocycles. The fraction of sp³-hybridized carbons (Fsp3) is 0.133. The lowest BCUT2D eigenvalue weighted by Gasteiger charge is -1.99. The van der Waals surface area contributed by atoms with Crippen LogP contribution in [0.15, 0.2) is 48.7 Å². The Labute approximate surface area is 95.5 Å². The third kappa shape index (κ3) is 1.65. The normalized spacial score (nSPS) is 16.4. The summed E-state index contributed by atoms with van der Waals surface area (Å²) in [4.78, 5) is 4.47. The molecule has 0 unspecified atom stereocenters. The van der Waals surface area contributed by atoms with E-state index in [9.17, 15) is 0 Å². The van der Waals surface area contributed by atoms with E-state index in [0.717, 1.165) is 12.8 Å². The van der Waals surface area contributed by atoms with Crippen LogP contribution in [0.5, 0.6) is 0 Å². The van der Waals surface area contributed by atoms with Gasteiger partial charge in [-0.3, -0.25) is 4.98 Å². The van der Waals surface area contributed by atoms with Gasteiger partial charge in [-0.15, -0.1) is 0 Å². The van der Waals surface area contributed by atoms with Crippen molar-refractivity contribution in [3.8, 4) is 0 Å². The van der Waals surface area contributed by atoms with E-state index in [0.29, 0.717) is 0 Å². The molecule has 2 aromatic rings. The Morgan fingerprint density at radius 2 is 1.81 bits per heavy atom. The second-order valence-electron chi connectivity index (χ2n) is 4.09. The molecule has 16 heavy (non-hydrogen) atoms. The number of aryl methyl sites for hydroxylation is 1. The fourth-order valence-corrected chi connectivity index (χ4v) is 2.21. The number of fused-ring (bicyclic) bond motifs is 1. The van der Waals surface area contributed by atoms with E-state index in [-0.39, 0.29) is 0 Å². The maximum absolute atomic E-state index is 4.47. The van der Waals surface area contributed by atoms with Gasteiger partial charge in [0.25, 0.3) is 0 Å².